The van der Waals surface area contributed by atoms with Crippen LogP contribution in [-0.4, -0.2) is 12.5 Å². The van der Waals surface area contributed by atoms with E-state index in [0.29, 0.717) is 31.4 Å². The van der Waals surface area contributed by atoms with Crippen LogP contribution < -0.4 is 4.90 Å². The molecule has 0 aliphatic carbocycles. The van der Waals surface area contributed by atoms with E-state index in [1.807, 2.05) is 0 Å². The number of carbonyl (C=O) groups excluding carboxylic acids is 1. The number of fused-ring (bicyclic) bond motifs is 1. The molecule has 120 valence electrons. The molecule has 2 aromatic carbocycles. The van der Waals surface area contributed by atoms with E-state index in [-0.39, 0.29) is 23.8 Å². The summed E-state index contributed by atoms with van der Waals surface area (Å²) in [7, 11) is 0. The molecule has 0 saturated heterocycles. The van der Waals surface area contributed by atoms with Gasteiger partial charge in [-0.2, -0.15) is 0 Å². The molecular formula is C18H16F3NO. The van der Waals surface area contributed by atoms with Crippen LogP contribution >= 0.6 is 0 Å². The molecule has 0 unspecified atom stereocenters. The zero-order chi connectivity index (χ0) is 16.4. The predicted octanol–water partition coefficient (Wildman–Crippen LogP) is 4.02. The Morgan fingerprint density at radius 1 is 1.09 bits per heavy atom. The lowest BCUT2D eigenvalue weighted by Crippen LogP contribution is -2.36. The van der Waals surface area contributed by atoms with Crippen LogP contribution in [0.3, 0.4) is 0 Å². The smallest absolute Gasteiger partial charge is 0.227 e. The van der Waals surface area contributed by atoms with Gasteiger partial charge in [0.1, 0.15) is 17.5 Å². The molecule has 0 radical (unpaired) electrons. The molecule has 2 aromatic rings. The quantitative estimate of drug-likeness (QED) is 0.837. The van der Waals surface area contributed by atoms with Crippen molar-refractivity contribution in [2.75, 3.05) is 11.4 Å². The molecule has 0 saturated carbocycles. The number of hydrogen-bond acceptors (Lipinski definition) is 1. The lowest BCUT2D eigenvalue weighted by molar-refractivity contribution is -0.118. The van der Waals surface area contributed by atoms with Gasteiger partial charge in [0, 0.05) is 19.0 Å². The second kappa shape index (κ2) is 6.44. The van der Waals surface area contributed by atoms with E-state index in [1.165, 1.54) is 23.1 Å². The van der Waals surface area contributed by atoms with Crippen molar-refractivity contribution >= 4 is 11.6 Å². The summed E-state index contributed by atoms with van der Waals surface area (Å²) in [5.74, 6) is -1.92. The fourth-order valence-corrected chi connectivity index (χ4v) is 2.98. The average Bonchev–Trinajstić information content (AvgIpc) is 2.51. The highest BCUT2D eigenvalue weighted by molar-refractivity contribution is 5.94. The Kier molecular flexibility index (Phi) is 4.37. The second-order valence-corrected chi connectivity index (χ2v) is 5.67. The largest absolute Gasteiger partial charge is 0.309 e. The summed E-state index contributed by atoms with van der Waals surface area (Å²) < 4.78 is 40.5. The van der Waals surface area contributed by atoms with Gasteiger partial charge in [0.2, 0.25) is 5.91 Å². The van der Waals surface area contributed by atoms with Gasteiger partial charge < -0.3 is 4.90 Å². The van der Waals surface area contributed by atoms with Crippen molar-refractivity contribution in [2.45, 2.75) is 25.7 Å². The number of carbonyl (C=O) groups is 1. The lowest BCUT2D eigenvalue weighted by atomic mass is 10.00. The predicted molar refractivity (Wildman–Crippen MR) is 81.8 cm³/mol. The van der Waals surface area contributed by atoms with Gasteiger partial charge in [0.05, 0.1) is 5.69 Å². The van der Waals surface area contributed by atoms with Gasteiger partial charge in [0.25, 0.3) is 0 Å². The van der Waals surface area contributed by atoms with Crippen molar-refractivity contribution in [1.82, 2.24) is 0 Å². The van der Waals surface area contributed by atoms with Crippen LogP contribution in [0.25, 0.3) is 0 Å². The monoisotopic (exact) mass is 319 g/mol. The minimum Gasteiger partial charge on any atom is -0.309 e. The Bertz CT molecular complexity index is 745. The van der Waals surface area contributed by atoms with Gasteiger partial charge in [-0.05, 0) is 48.6 Å². The number of amides is 1. The number of rotatable bonds is 3. The Hall–Kier alpha value is -2.30. The van der Waals surface area contributed by atoms with E-state index < -0.39 is 11.6 Å². The first-order valence-electron chi connectivity index (χ1n) is 7.57. The van der Waals surface area contributed by atoms with Gasteiger partial charge in [-0.3, -0.25) is 4.79 Å². The first-order valence-corrected chi connectivity index (χ1v) is 7.57. The molecule has 1 aliphatic heterocycles. The topological polar surface area (TPSA) is 20.3 Å². The van der Waals surface area contributed by atoms with Crippen LogP contribution in [-0.2, 0) is 17.6 Å². The molecule has 5 heteroatoms. The van der Waals surface area contributed by atoms with Crippen LogP contribution in [0.15, 0.2) is 36.4 Å². The molecule has 0 aromatic heterocycles. The summed E-state index contributed by atoms with van der Waals surface area (Å²) in [6, 6.07) is 8.15. The minimum atomic E-state index is -0.709. The van der Waals surface area contributed by atoms with Crippen LogP contribution in [0.2, 0.25) is 0 Å². The first kappa shape index (κ1) is 15.6. The molecule has 1 amide bonds. The Labute approximate surface area is 132 Å². The Morgan fingerprint density at radius 3 is 2.70 bits per heavy atom. The highest BCUT2D eigenvalue weighted by Crippen LogP contribution is 2.31. The van der Waals surface area contributed by atoms with Gasteiger partial charge in [-0.15, -0.1) is 0 Å². The summed E-state index contributed by atoms with van der Waals surface area (Å²) in [6.45, 7) is 0.414. The van der Waals surface area contributed by atoms with Crippen LogP contribution in [0.4, 0.5) is 18.9 Å². The van der Waals surface area contributed by atoms with Crippen molar-refractivity contribution in [1.29, 1.82) is 0 Å². The summed E-state index contributed by atoms with van der Waals surface area (Å²) in [4.78, 5) is 13.8. The zero-order valence-corrected chi connectivity index (χ0v) is 12.5. The molecular weight excluding hydrogens is 303 g/mol. The normalized spacial score (nSPS) is 13.8. The van der Waals surface area contributed by atoms with E-state index in [2.05, 4.69) is 0 Å². The van der Waals surface area contributed by atoms with Gasteiger partial charge >= 0.3 is 0 Å². The molecule has 0 bridgehead atoms. The van der Waals surface area contributed by atoms with E-state index in [0.717, 1.165) is 11.6 Å². The van der Waals surface area contributed by atoms with E-state index in [9.17, 15) is 18.0 Å². The number of aryl methyl sites for hydroxylation is 2. The maximum atomic E-state index is 14.1. The summed E-state index contributed by atoms with van der Waals surface area (Å²) in [6.07, 6.45) is 1.75. The average molecular weight is 319 g/mol. The number of benzene rings is 2. The SMILES string of the molecule is O=C(CCc1cccc(F)c1)N1CCCc2cc(F)cc(F)c21. The number of halogens is 3. The fourth-order valence-electron chi connectivity index (χ4n) is 2.98. The van der Waals surface area contributed by atoms with E-state index in [4.69, 9.17) is 0 Å². The molecule has 1 heterocycles. The fraction of sp³-hybridized carbons (Fsp3) is 0.278. The van der Waals surface area contributed by atoms with Gasteiger partial charge in [-0.25, -0.2) is 13.2 Å². The summed E-state index contributed by atoms with van der Waals surface area (Å²) in [5, 5.41) is 0. The maximum absolute atomic E-state index is 14.1. The van der Waals surface area contributed by atoms with Crippen molar-refractivity contribution in [3.05, 3.63) is 65.0 Å². The van der Waals surface area contributed by atoms with Crippen LogP contribution in [0, 0.1) is 17.5 Å². The highest BCUT2D eigenvalue weighted by atomic mass is 19.1. The minimum absolute atomic E-state index is 0.152. The molecule has 0 spiro atoms. The van der Waals surface area contributed by atoms with Crippen molar-refractivity contribution in [3.8, 4) is 0 Å². The number of anilines is 1. The highest BCUT2D eigenvalue weighted by Gasteiger charge is 2.26. The molecule has 1 aliphatic rings. The maximum Gasteiger partial charge on any atom is 0.227 e. The third-order valence-corrected chi connectivity index (χ3v) is 4.02. The van der Waals surface area contributed by atoms with Crippen LogP contribution in [0.1, 0.15) is 24.0 Å². The second-order valence-electron chi connectivity index (χ2n) is 5.67. The van der Waals surface area contributed by atoms with Gasteiger partial charge in [0.15, 0.2) is 0 Å². The number of hydrogen-bond donors (Lipinski definition) is 0. The number of nitrogens with zero attached hydrogens (tertiary/aromatic N) is 1. The zero-order valence-electron chi connectivity index (χ0n) is 12.5. The standard InChI is InChI=1S/C18H16F3NO/c19-14-5-1-3-12(9-14)6-7-17(23)22-8-2-4-13-10-15(20)11-16(21)18(13)22/h1,3,5,9-11H,2,4,6-8H2. The van der Waals surface area contributed by atoms with Gasteiger partial charge in [-0.1, -0.05) is 12.1 Å². The van der Waals surface area contributed by atoms with Crippen LogP contribution in [0.5, 0.6) is 0 Å². The van der Waals surface area contributed by atoms with E-state index in [1.54, 1.807) is 12.1 Å². The lowest BCUT2D eigenvalue weighted by Gasteiger charge is -2.30. The molecule has 0 atom stereocenters. The third-order valence-electron chi connectivity index (χ3n) is 4.02. The molecule has 3 rings (SSSR count). The van der Waals surface area contributed by atoms with Crippen molar-refractivity contribution in [3.63, 3.8) is 0 Å². The first-order chi connectivity index (χ1) is 11.0. The summed E-state index contributed by atoms with van der Waals surface area (Å²) >= 11 is 0. The molecule has 23 heavy (non-hydrogen) atoms. The Balaban J connectivity index is 1.77. The molecule has 0 fully saturated rings. The van der Waals surface area contributed by atoms with Crippen molar-refractivity contribution < 1.29 is 18.0 Å². The van der Waals surface area contributed by atoms with E-state index >= 15 is 0 Å². The summed E-state index contributed by atoms with van der Waals surface area (Å²) in [5.41, 5.74) is 1.42. The Morgan fingerprint density at radius 2 is 1.91 bits per heavy atom. The van der Waals surface area contributed by atoms with Crippen molar-refractivity contribution in [2.24, 2.45) is 0 Å². The third kappa shape index (κ3) is 3.38. The molecule has 2 nitrogen and oxygen atoms in total. The molecule has 0 N–H and O–H groups in total.